The van der Waals surface area contributed by atoms with Crippen molar-refractivity contribution in [3.63, 3.8) is 0 Å². The number of amides is 1. The topological polar surface area (TPSA) is 36.4 Å². The molecular formula is C16H18ClN3OS. The van der Waals surface area contributed by atoms with Crippen molar-refractivity contribution in [3.05, 3.63) is 40.4 Å². The molecule has 1 aliphatic rings. The normalized spacial score (nSPS) is 16.0. The smallest absolute Gasteiger partial charge is 0.219 e. The summed E-state index contributed by atoms with van der Waals surface area (Å²) in [6, 6.07) is 7.79. The summed E-state index contributed by atoms with van der Waals surface area (Å²) in [6.07, 6.45) is 0. The summed E-state index contributed by atoms with van der Waals surface area (Å²) in [5.74, 6) is 0.161. The van der Waals surface area contributed by atoms with Crippen LogP contribution in [0.5, 0.6) is 0 Å². The molecule has 2 aromatic rings. The summed E-state index contributed by atoms with van der Waals surface area (Å²) in [7, 11) is 0. The molecule has 1 aromatic carbocycles. The standard InChI is InChI=1S/C16H18ClN3OS/c1-12(21)20-8-6-19(7-9-20)10-13-11-22-16(18-13)14-4-2-3-5-15(14)17/h2-5,11H,6-10H2,1H3. The molecule has 6 heteroatoms. The summed E-state index contributed by atoms with van der Waals surface area (Å²) < 4.78 is 0. The van der Waals surface area contributed by atoms with Gasteiger partial charge in [0, 0.05) is 50.6 Å². The molecule has 22 heavy (non-hydrogen) atoms. The Morgan fingerprint density at radius 2 is 2.00 bits per heavy atom. The molecule has 0 aliphatic carbocycles. The first-order chi connectivity index (χ1) is 10.6. The van der Waals surface area contributed by atoms with Crippen molar-refractivity contribution in [2.75, 3.05) is 26.2 Å². The molecular weight excluding hydrogens is 318 g/mol. The van der Waals surface area contributed by atoms with Crippen molar-refractivity contribution in [2.24, 2.45) is 0 Å². The molecule has 1 aliphatic heterocycles. The number of hydrogen-bond acceptors (Lipinski definition) is 4. The van der Waals surface area contributed by atoms with Gasteiger partial charge in [-0.05, 0) is 6.07 Å². The van der Waals surface area contributed by atoms with Crippen LogP contribution in [0.1, 0.15) is 12.6 Å². The van der Waals surface area contributed by atoms with Gasteiger partial charge < -0.3 is 4.90 Å². The van der Waals surface area contributed by atoms with E-state index in [1.165, 1.54) is 0 Å². The highest BCUT2D eigenvalue weighted by Gasteiger charge is 2.19. The number of hydrogen-bond donors (Lipinski definition) is 0. The molecule has 0 bridgehead atoms. The van der Waals surface area contributed by atoms with Crippen molar-refractivity contribution in [2.45, 2.75) is 13.5 Å². The maximum atomic E-state index is 11.3. The van der Waals surface area contributed by atoms with Crippen LogP contribution < -0.4 is 0 Å². The minimum absolute atomic E-state index is 0.161. The first-order valence-corrected chi connectivity index (χ1v) is 8.56. The molecule has 0 saturated carbocycles. The fourth-order valence-electron chi connectivity index (χ4n) is 2.59. The molecule has 1 fully saturated rings. The van der Waals surface area contributed by atoms with E-state index >= 15 is 0 Å². The number of carbonyl (C=O) groups excluding carboxylic acids is 1. The van der Waals surface area contributed by atoms with Crippen LogP contribution in [-0.2, 0) is 11.3 Å². The average molecular weight is 336 g/mol. The Morgan fingerprint density at radius 3 is 2.68 bits per heavy atom. The van der Waals surface area contributed by atoms with Crippen LogP contribution in [0, 0.1) is 0 Å². The highest BCUT2D eigenvalue weighted by molar-refractivity contribution is 7.13. The molecule has 0 atom stereocenters. The SMILES string of the molecule is CC(=O)N1CCN(Cc2csc(-c3ccccc3Cl)n2)CC1. The van der Waals surface area contributed by atoms with Gasteiger partial charge in [0.05, 0.1) is 10.7 Å². The zero-order valence-corrected chi connectivity index (χ0v) is 14.0. The number of thiazole rings is 1. The fourth-order valence-corrected chi connectivity index (χ4v) is 3.72. The third-order valence-corrected chi connectivity index (χ3v) is 5.11. The van der Waals surface area contributed by atoms with Crippen molar-refractivity contribution in [1.29, 1.82) is 0 Å². The number of aromatic nitrogens is 1. The van der Waals surface area contributed by atoms with E-state index in [0.717, 1.165) is 54.0 Å². The summed E-state index contributed by atoms with van der Waals surface area (Å²) in [4.78, 5) is 20.3. The molecule has 1 amide bonds. The first-order valence-electron chi connectivity index (χ1n) is 7.30. The van der Waals surface area contributed by atoms with Gasteiger partial charge in [-0.25, -0.2) is 4.98 Å². The lowest BCUT2D eigenvalue weighted by Crippen LogP contribution is -2.47. The Bertz CT molecular complexity index is 665. The summed E-state index contributed by atoms with van der Waals surface area (Å²) in [5, 5.41) is 3.79. The Hall–Kier alpha value is -1.43. The fraction of sp³-hybridized carbons (Fsp3) is 0.375. The Kier molecular flexibility index (Phi) is 4.76. The number of carbonyl (C=O) groups is 1. The number of benzene rings is 1. The molecule has 1 saturated heterocycles. The third-order valence-electron chi connectivity index (χ3n) is 3.86. The highest BCUT2D eigenvalue weighted by atomic mass is 35.5. The van der Waals surface area contributed by atoms with E-state index in [1.54, 1.807) is 18.3 Å². The zero-order chi connectivity index (χ0) is 15.5. The van der Waals surface area contributed by atoms with Gasteiger partial charge in [0.15, 0.2) is 0 Å². The van der Waals surface area contributed by atoms with Gasteiger partial charge in [-0.1, -0.05) is 29.8 Å². The van der Waals surface area contributed by atoms with Crippen LogP contribution in [-0.4, -0.2) is 46.9 Å². The van der Waals surface area contributed by atoms with Gasteiger partial charge in [-0.2, -0.15) is 0 Å². The van der Waals surface area contributed by atoms with Crippen molar-refractivity contribution >= 4 is 28.8 Å². The summed E-state index contributed by atoms with van der Waals surface area (Å²) in [6.45, 7) is 5.86. The van der Waals surface area contributed by atoms with Gasteiger partial charge in [0.25, 0.3) is 0 Å². The second kappa shape index (κ2) is 6.77. The zero-order valence-electron chi connectivity index (χ0n) is 12.5. The van der Waals surface area contributed by atoms with Gasteiger partial charge in [-0.3, -0.25) is 9.69 Å². The third kappa shape index (κ3) is 3.48. The maximum absolute atomic E-state index is 11.3. The predicted octanol–water partition coefficient (Wildman–Crippen LogP) is 3.13. The van der Waals surface area contributed by atoms with Crippen LogP contribution in [0.25, 0.3) is 10.6 Å². The highest BCUT2D eigenvalue weighted by Crippen LogP contribution is 2.30. The van der Waals surface area contributed by atoms with E-state index in [2.05, 4.69) is 10.3 Å². The second-order valence-corrected chi connectivity index (χ2v) is 6.67. The van der Waals surface area contributed by atoms with E-state index in [0.29, 0.717) is 0 Å². The van der Waals surface area contributed by atoms with Gasteiger partial charge in [0.1, 0.15) is 5.01 Å². The van der Waals surface area contributed by atoms with Crippen LogP contribution >= 0.6 is 22.9 Å². The molecule has 0 unspecified atom stereocenters. The molecule has 0 spiro atoms. The average Bonchev–Trinajstić information content (AvgIpc) is 2.96. The minimum atomic E-state index is 0.161. The quantitative estimate of drug-likeness (QED) is 0.864. The van der Waals surface area contributed by atoms with E-state index in [9.17, 15) is 4.79 Å². The number of halogens is 1. The van der Waals surface area contributed by atoms with Crippen LogP contribution in [0.4, 0.5) is 0 Å². The van der Waals surface area contributed by atoms with E-state index < -0.39 is 0 Å². The van der Waals surface area contributed by atoms with E-state index in [-0.39, 0.29) is 5.91 Å². The van der Waals surface area contributed by atoms with Gasteiger partial charge in [-0.15, -0.1) is 11.3 Å². The van der Waals surface area contributed by atoms with Crippen molar-refractivity contribution in [1.82, 2.24) is 14.8 Å². The lowest BCUT2D eigenvalue weighted by atomic mass is 10.2. The van der Waals surface area contributed by atoms with E-state index in [4.69, 9.17) is 16.6 Å². The molecule has 0 N–H and O–H groups in total. The number of rotatable bonds is 3. The van der Waals surface area contributed by atoms with E-state index in [1.807, 2.05) is 29.2 Å². The molecule has 4 nitrogen and oxygen atoms in total. The van der Waals surface area contributed by atoms with Crippen molar-refractivity contribution < 1.29 is 4.79 Å². The molecule has 116 valence electrons. The predicted molar refractivity (Wildman–Crippen MR) is 90.1 cm³/mol. The number of piperazine rings is 1. The summed E-state index contributed by atoms with van der Waals surface area (Å²) in [5.41, 5.74) is 2.05. The second-order valence-electron chi connectivity index (χ2n) is 5.41. The Morgan fingerprint density at radius 1 is 1.27 bits per heavy atom. The number of nitrogens with zero attached hydrogens (tertiary/aromatic N) is 3. The lowest BCUT2D eigenvalue weighted by molar-refractivity contribution is -0.130. The van der Waals surface area contributed by atoms with Gasteiger partial charge >= 0.3 is 0 Å². The first kappa shape index (κ1) is 15.5. The summed E-state index contributed by atoms with van der Waals surface area (Å²) >= 11 is 7.85. The van der Waals surface area contributed by atoms with Crippen LogP contribution in [0.2, 0.25) is 5.02 Å². The van der Waals surface area contributed by atoms with Crippen LogP contribution in [0.3, 0.4) is 0 Å². The van der Waals surface area contributed by atoms with Crippen molar-refractivity contribution in [3.8, 4) is 10.6 Å². The molecule has 3 rings (SSSR count). The Labute approximate surface area is 139 Å². The van der Waals surface area contributed by atoms with Crippen LogP contribution in [0.15, 0.2) is 29.6 Å². The monoisotopic (exact) mass is 335 g/mol. The largest absolute Gasteiger partial charge is 0.340 e. The lowest BCUT2D eigenvalue weighted by Gasteiger charge is -2.33. The molecule has 2 heterocycles. The Balaban J connectivity index is 1.63. The molecule has 1 aromatic heterocycles. The minimum Gasteiger partial charge on any atom is -0.340 e. The van der Waals surface area contributed by atoms with Gasteiger partial charge in [0.2, 0.25) is 5.91 Å². The maximum Gasteiger partial charge on any atom is 0.219 e. The molecule has 0 radical (unpaired) electrons.